The van der Waals surface area contributed by atoms with Crippen molar-refractivity contribution in [3.05, 3.63) is 18.6 Å². The number of fused-ring (bicyclic) bond motifs is 1. The summed E-state index contributed by atoms with van der Waals surface area (Å²) in [6, 6.07) is 0. The van der Waals surface area contributed by atoms with Gasteiger partial charge in [0.1, 0.15) is 5.82 Å². The largest absolute Gasteiger partial charge is 0.355 e. The molecule has 0 radical (unpaired) electrons. The van der Waals surface area contributed by atoms with Crippen LogP contribution in [0.1, 0.15) is 19.3 Å². The fraction of sp³-hybridized carbons (Fsp3) is 0.733. The minimum Gasteiger partial charge on any atom is -0.355 e. The molecule has 0 aromatic carbocycles. The van der Waals surface area contributed by atoms with E-state index in [2.05, 4.69) is 19.8 Å². The summed E-state index contributed by atoms with van der Waals surface area (Å²) in [6.07, 6.45) is 9.76. The minimum absolute atomic E-state index is 0.842. The van der Waals surface area contributed by atoms with Crippen LogP contribution in [0.4, 0.5) is 5.82 Å². The third-order valence-electron chi connectivity index (χ3n) is 4.97. The summed E-state index contributed by atoms with van der Waals surface area (Å²) in [6.45, 7) is 6.32. The molecule has 3 heterocycles. The fourth-order valence-corrected chi connectivity index (χ4v) is 3.72. The number of hydrogen-bond acceptors (Lipinski definition) is 4. The van der Waals surface area contributed by atoms with Gasteiger partial charge in [-0.3, -0.25) is 4.98 Å². The Morgan fingerprint density at radius 2 is 1.95 bits per heavy atom. The summed E-state index contributed by atoms with van der Waals surface area (Å²) in [4.78, 5) is 13.8. The highest BCUT2D eigenvalue weighted by atomic mass is 15.2. The Balaban J connectivity index is 1.40. The van der Waals surface area contributed by atoms with Crippen molar-refractivity contribution in [2.24, 2.45) is 17.8 Å². The van der Waals surface area contributed by atoms with Gasteiger partial charge in [0.15, 0.2) is 0 Å². The molecule has 0 N–H and O–H groups in total. The maximum atomic E-state index is 4.45. The third-order valence-corrected chi connectivity index (χ3v) is 4.97. The highest BCUT2D eigenvalue weighted by Crippen LogP contribution is 2.36. The van der Waals surface area contributed by atoms with E-state index in [4.69, 9.17) is 0 Å². The minimum atomic E-state index is 0.842. The molecular weight excluding hydrogens is 236 g/mol. The average Bonchev–Trinajstić information content (AvgIpc) is 3.16. The molecule has 1 aromatic heterocycles. The molecule has 0 unspecified atom stereocenters. The number of likely N-dealkylation sites (tertiary alicyclic amines) is 1. The number of rotatable bonds is 3. The zero-order valence-electron chi connectivity index (χ0n) is 11.4. The summed E-state index contributed by atoms with van der Waals surface area (Å²) in [7, 11) is 0. The third kappa shape index (κ3) is 2.46. The molecule has 4 heteroatoms. The Morgan fingerprint density at radius 1 is 1.05 bits per heavy atom. The highest BCUT2D eigenvalue weighted by molar-refractivity contribution is 5.37. The lowest BCUT2D eigenvalue weighted by Crippen LogP contribution is -2.40. The SMILES string of the molecule is c1cnc(N2C[C@H]3CCN(CC4CC4)C[C@H]3C2)cn1. The van der Waals surface area contributed by atoms with E-state index < -0.39 is 0 Å². The van der Waals surface area contributed by atoms with Gasteiger partial charge in [0.25, 0.3) is 0 Å². The van der Waals surface area contributed by atoms with Crippen LogP contribution in [0.5, 0.6) is 0 Å². The first-order valence-corrected chi connectivity index (χ1v) is 7.62. The van der Waals surface area contributed by atoms with E-state index in [9.17, 15) is 0 Å². The van der Waals surface area contributed by atoms with Crippen molar-refractivity contribution in [3.63, 3.8) is 0 Å². The van der Waals surface area contributed by atoms with Crippen molar-refractivity contribution < 1.29 is 0 Å². The van der Waals surface area contributed by atoms with Gasteiger partial charge in [0, 0.05) is 38.6 Å². The smallest absolute Gasteiger partial charge is 0.147 e. The number of piperidine rings is 1. The van der Waals surface area contributed by atoms with Gasteiger partial charge in [0.2, 0.25) is 0 Å². The molecule has 3 fully saturated rings. The van der Waals surface area contributed by atoms with E-state index >= 15 is 0 Å². The van der Waals surface area contributed by atoms with Gasteiger partial charge in [-0.1, -0.05) is 0 Å². The van der Waals surface area contributed by atoms with E-state index in [1.807, 2.05) is 6.20 Å². The van der Waals surface area contributed by atoms with Crippen LogP contribution < -0.4 is 4.90 Å². The topological polar surface area (TPSA) is 32.3 Å². The summed E-state index contributed by atoms with van der Waals surface area (Å²) in [5.74, 6) is 3.80. The van der Waals surface area contributed by atoms with Crippen molar-refractivity contribution in [1.29, 1.82) is 0 Å². The maximum absolute atomic E-state index is 4.45. The van der Waals surface area contributed by atoms with Crippen LogP contribution in [0.2, 0.25) is 0 Å². The van der Waals surface area contributed by atoms with Gasteiger partial charge < -0.3 is 9.80 Å². The predicted molar refractivity (Wildman–Crippen MR) is 75.0 cm³/mol. The maximum Gasteiger partial charge on any atom is 0.147 e. The summed E-state index contributed by atoms with van der Waals surface area (Å²) in [5.41, 5.74) is 0. The van der Waals surface area contributed by atoms with Crippen LogP contribution in [-0.4, -0.2) is 47.6 Å². The lowest BCUT2D eigenvalue weighted by Gasteiger charge is -2.34. The summed E-state index contributed by atoms with van der Waals surface area (Å²) >= 11 is 0. The van der Waals surface area contributed by atoms with Crippen LogP contribution in [0.3, 0.4) is 0 Å². The van der Waals surface area contributed by atoms with Crippen molar-refractivity contribution in [2.45, 2.75) is 19.3 Å². The van der Waals surface area contributed by atoms with Gasteiger partial charge in [-0.05, 0) is 43.6 Å². The first-order chi connectivity index (χ1) is 9.38. The summed E-state index contributed by atoms with van der Waals surface area (Å²) < 4.78 is 0. The molecule has 1 saturated carbocycles. The second kappa shape index (κ2) is 4.75. The molecule has 0 spiro atoms. The first-order valence-electron chi connectivity index (χ1n) is 7.62. The Labute approximate surface area is 114 Å². The Bertz CT molecular complexity index is 431. The molecule has 102 valence electrons. The van der Waals surface area contributed by atoms with Gasteiger partial charge in [-0.15, -0.1) is 0 Å². The molecular formula is C15H22N4. The molecule has 2 aliphatic heterocycles. The van der Waals surface area contributed by atoms with Gasteiger partial charge in [-0.2, -0.15) is 0 Å². The molecule has 4 rings (SSSR count). The molecule has 3 aliphatic rings. The normalized spacial score (nSPS) is 31.5. The fourth-order valence-electron chi connectivity index (χ4n) is 3.72. The van der Waals surface area contributed by atoms with Crippen LogP contribution in [0.15, 0.2) is 18.6 Å². The van der Waals surface area contributed by atoms with Crippen molar-refractivity contribution >= 4 is 5.82 Å². The van der Waals surface area contributed by atoms with Gasteiger partial charge >= 0.3 is 0 Å². The Morgan fingerprint density at radius 3 is 2.74 bits per heavy atom. The van der Waals surface area contributed by atoms with Crippen molar-refractivity contribution in [1.82, 2.24) is 14.9 Å². The predicted octanol–water partition coefficient (Wildman–Crippen LogP) is 1.64. The molecule has 2 atom stereocenters. The second-order valence-corrected chi connectivity index (χ2v) is 6.48. The lowest BCUT2D eigenvalue weighted by molar-refractivity contribution is 0.143. The van der Waals surface area contributed by atoms with Crippen LogP contribution in [0.25, 0.3) is 0 Å². The second-order valence-electron chi connectivity index (χ2n) is 6.48. The number of aromatic nitrogens is 2. The number of anilines is 1. The number of nitrogens with zero attached hydrogens (tertiary/aromatic N) is 4. The standard InChI is InChI=1S/C15H22N4/c1-2-12(1)8-18-6-3-13-10-19(11-14(13)9-18)15-7-16-4-5-17-15/h4-5,7,12-14H,1-3,6,8-11H2/t13-,14+/m1/s1. The first kappa shape index (κ1) is 11.6. The van der Waals surface area contributed by atoms with Crippen molar-refractivity contribution in [2.75, 3.05) is 37.6 Å². The molecule has 1 aliphatic carbocycles. The zero-order chi connectivity index (χ0) is 12.7. The summed E-state index contributed by atoms with van der Waals surface area (Å²) in [5, 5.41) is 0. The Hall–Kier alpha value is -1.16. The Kier molecular flexibility index (Phi) is 2.91. The molecule has 19 heavy (non-hydrogen) atoms. The molecule has 0 bridgehead atoms. The van der Waals surface area contributed by atoms with E-state index in [1.54, 1.807) is 12.4 Å². The van der Waals surface area contributed by atoms with Crippen molar-refractivity contribution in [3.8, 4) is 0 Å². The quantitative estimate of drug-likeness (QED) is 0.825. The van der Waals surface area contributed by atoms with Gasteiger partial charge in [-0.25, -0.2) is 4.98 Å². The van der Waals surface area contributed by atoms with Crippen LogP contribution in [0, 0.1) is 17.8 Å². The van der Waals surface area contributed by atoms with Gasteiger partial charge in [0.05, 0.1) is 6.20 Å². The van der Waals surface area contributed by atoms with E-state index in [1.165, 1.54) is 52.0 Å². The van der Waals surface area contributed by atoms with E-state index in [-0.39, 0.29) is 0 Å². The zero-order valence-corrected chi connectivity index (χ0v) is 11.4. The van der Waals surface area contributed by atoms with E-state index in [0.717, 1.165) is 23.6 Å². The molecule has 0 amide bonds. The average molecular weight is 258 g/mol. The highest BCUT2D eigenvalue weighted by Gasteiger charge is 2.38. The lowest BCUT2D eigenvalue weighted by atomic mass is 9.88. The van der Waals surface area contributed by atoms with Crippen LogP contribution in [-0.2, 0) is 0 Å². The van der Waals surface area contributed by atoms with E-state index in [0.29, 0.717) is 0 Å². The molecule has 1 aromatic rings. The molecule has 2 saturated heterocycles. The monoisotopic (exact) mass is 258 g/mol. The molecule has 4 nitrogen and oxygen atoms in total. The van der Waals surface area contributed by atoms with Crippen LogP contribution >= 0.6 is 0 Å². The number of hydrogen-bond donors (Lipinski definition) is 0.